The first-order valence-electron chi connectivity index (χ1n) is 5.10. The summed E-state index contributed by atoms with van der Waals surface area (Å²) in [4.78, 5) is 25.0. The van der Waals surface area contributed by atoms with Crippen LogP contribution in [0.1, 0.15) is 20.7 Å². The first-order chi connectivity index (χ1) is 8.11. The number of imide groups is 1. The summed E-state index contributed by atoms with van der Waals surface area (Å²) in [6.07, 6.45) is 0. The molecule has 0 unspecified atom stereocenters. The predicted molar refractivity (Wildman–Crippen MR) is 66.6 cm³/mol. The van der Waals surface area contributed by atoms with E-state index in [-0.39, 0.29) is 23.5 Å². The molecule has 0 aromatic heterocycles. The van der Waals surface area contributed by atoms with Crippen LogP contribution in [0.3, 0.4) is 0 Å². The van der Waals surface area contributed by atoms with Gasteiger partial charge >= 0.3 is 0 Å². The van der Waals surface area contributed by atoms with Crippen LogP contribution in [0, 0.1) is 0 Å². The highest BCUT2D eigenvalue weighted by Crippen LogP contribution is 2.21. The minimum atomic E-state index is -0.268. The van der Waals surface area contributed by atoms with Crippen LogP contribution >= 0.6 is 12.2 Å². The van der Waals surface area contributed by atoms with Crippen molar-refractivity contribution in [2.24, 2.45) is 5.73 Å². The van der Waals surface area contributed by atoms with Crippen LogP contribution in [-0.4, -0.2) is 34.9 Å². The fraction of sp³-hybridized carbons (Fsp3) is 0.182. The van der Waals surface area contributed by atoms with E-state index in [0.29, 0.717) is 17.7 Å². The molecule has 0 bridgehead atoms. The minimum absolute atomic E-state index is 0.154. The van der Waals surface area contributed by atoms with Crippen molar-refractivity contribution in [2.75, 3.05) is 13.1 Å². The Kier molecular flexibility index (Phi) is 3.06. The maximum Gasteiger partial charge on any atom is 0.261 e. The third kappa shape index (κ3) is 2.12. The first kappa shape index (κ1) is 11.5. The molecule has 0 atom stereocenters. The molecule has 0 spiro atoms. The van der Waals surface area contributed by atoms with Gasteiger partial charge in [0.05, 0.1) is 11.1 Å². The van der Waals surface area contributed by atoms with Gasteiger partial charge in [-0.3, -0.25) is 14.5 Å². The predicted octanol–water partition coefficient (Wildman–Crippen LogP) is 0.116. The molecule has 2 amide bonds. The van der Waals surface area contributed by atoms with Gasteiger partial charge in [-0.05, 0) is 24.4 Å². The molecular formula is C11H11N3O2S. The standard InChI is InChI=1S/C11H11N3O2S/c12-11(17)13-5-6-14-9(15)7-3-1-2-4-8(7)10(14)16/h1-4H,5-6H2,(H3,12,13,17). The average Bonchev–Trinajstić information content (AvgIpc) is 2.54. The Labute approximate surface area is 104 Å². The Hall–Kier alpha value is -1.95. The SMILES string of the molecule is NC(=S)NCCN1C(=O)c2ccccc2C1=O. The van der Waals surface area contributed by atoms with E-state index in [4.69, 9.17) is 5.73 Å². The molecule has 1 heterocycles. The molecule has 0 radical (unpaired) electrons. The largest absolute Gasteiger partial charge is 0.376 e. The number of nitrogens with two attached hydrogens (primary N) is 1. The summed E-state index contributed by atoms with van der Waals surface area (Å²) in [6.45, 7) is 0.616. The molecule has 1 aliphatic rings. The first-order valence-corrected chi connectivity index (χ1v) is 5.50. The Balaban J connectivity index is 2.11. The number of amides is 2. The number of fused-ring (bicyclic) bond motifs is 1. The van der Waals surface area contributed by atoms with Crippen molar-refractivity contribution in [3.05, 3.63) is 35.4 Å². The average molecular weight is 249 g/mol. The summed E-state index contributed by atoms with van der Waals surface area (Å²) in [5, 5.41) is 2.86. The van der Waals surface area contributed by atoms with E-state index in [0.717, 1.165) is 0 Å². The number of carbonyl (C=O) groups is 2. The summed E-state index contributed by atoms with van der Waals surface area (Å²) in [5.74, 6) is -0.536. The quantitative estimate of drug-likeness (QED) is 0.587. The zero-order chi connectivity index (χ0) is 12.4. The van der Waals surface area contributed by atoms with Crippen molar-refractivity contribution >= 4 is 29.1 Å². The molecule has 0 fully saturated rings. The molecule has 2 rings (SSSR count). The van der Waals surface area contributed by atoms with Crippen LogP contribution in [0.2, 0.25) is 0 Å². The molecule has 5 nitrogen and oxygen atoms in total. The van der Waals surface area contributed by atoms with Crippen LogP contribution in [0.4, 0.5) is 0 Å². The topological polar surface area (TPSA) is 75.4 Å². The van der Waals surface area contributed by atoms with E-state index in [1.807, 2.05) is 0 Å². The van der Waals surface area contributed by atoms with E-state index in [9.17, 15) is 9.59 Å². The number of nitrogens with zero attached hydrogens (tertiary/aromatic N) is 1. The van der Waals surface area contributed by atoms with E-state index in [1.165, 1.54) is 4.90 Å². The van der Waals surface area contributed by atoms with Gasteiger partial charge in [0.15, 0.2) is 5.11 Å². The molecule has 1 aromatic rings. The Morgan fingerprint density at radius 2 is 1.76 bits per heavy atom. The van der Waals surface area contributed by atoms with Crippen LogP contribution < -0.4 is 11.1 Å². The lowest BCUT2D eigenvalue weighted by molar-refractivity contribution is 0.0657. The fourth-order valence-electron chi connectivity index (χ4n) is 1.73. The van der Waals surface area contributed by atoms with Crippen molar-refractivity contribution in [2.45, 2.75) is 0 Å². The van der Waals surface area contributed by atoms with Crippen molar-refractivity contribution in [3.8, 4) is 0 Å². The zero-order valence-electron chi connectivity index (χ0n) is 8.97. The molecule has 17 heavy (non-hydrogen) atoms. The van der Waals surface area contributed by atoms with E-state index < -0.39 is 0 Å². The Morgan fingerprint density at radius 1 is 1.24 bits per heavy atom. The number of rotatable bonds is 3. The number of hydrogen-bond acceptors (Lipinski definition) is 3. The van der Waals surface area contributed by atoms with Crippen molar-refractivity contribution in [1.29, 1.82) is 0 Å². The maximum absolute atomic E-state index is 11.9. The van der Waals surface area contributed by atoms with Gasteiger partial charge in [-0.2, -0.15) is 0 Å². The Morgan fingerprint density at radius 3 is 2.24 bits per heavy atom. The summed E-state index contributed by atoms with van der Waals surface area (Å²) < 4.78 is 0. The molecule has 0 saturated heterocycles. The Bertz CT molecular complexity index is 466. The number of hydrogen-bond donors (Lipinski definition) is 2. The molecule has 1 aliphatic heterocycles. The second-order valence-corrected chi connectivity index (χ2v) is 4.04. The van der Waals surface area contributed by atoms with Crippen LogP contribution in [-0.2, 0) is 0 Å². The second-order valence-electron chi connectivity index (χ2n) is 3.60. The third-order valence-electron chi connectivity index (χ3n) is 2.51. The van der Waals surface area contributed by atoms with E-state index in [2.05, 4.69) is 17.5 Å². The number of thiocarbonyl (C=S) groups is 1. The van der Waals surface area contributed by atoms with E-state index >= 15 is 0 Å². The number of carbonyl (C=O) groups excluding carboxylic acids is 2. The molecule has 6 heteroatoms. The maximum atomic E-state index is 11.9. The van der Waals surface area contributed by atoms with Crippen LogP contribution in [0.15, 0.2) is 24.3 Å². The van der Waals surface area contributed by atoms with Gasteiger partial charge in [0.2, 0.25) is 0 Å². The molecular weight excluding hydrogens is 238 g/mol. The van der Waals surface area contributed by atoms with Gasteiger partial charge in [-0.1, -0.05) is 12.1 Å². The lowest BCUT2D eigenvalue weighted by atomic mass is 10.1. The van der Waals surface area contributed by atoms with Gasteiger partial charge in [0.1, 0.15) is 0 Å². The summed E-state index contributed by atoms with van der Waals surface area (Å²) >= 11 is 4.64. The van der Waals surface area contributed by atoms with Crippen molar-refractivity contribution < 1.29 is 9.59 Å². The second kappa shape index (κ2) is 4.50. The summed E-state index contributed by atoms with van der Waals surface area (Å²) in [7, 11) is 0. The third-order valence-corrected chi connectivity index (χ3v) is 2.66. The highest BCUT2D eigenvalue weighted by molar-refractivity contribution is 7.80. The number of nitrogens with one attached hydrogen (secondary N) is 1. The lowest BCUT2D eigenvalue weighted by Crippen LogP contribution is -2.39. The molecule has 0 saturated carbocycles. The lowest BCUT2D eigenvalue weighted by Gasteiger charge is -2.13. The van der Waals surface area contributed by atoms with Gasteiger partial charge in [-0.25, -0.2) is 0 Å². The fourth-order valence-corrected chi connectivity index (χ4v) is 1.84. The monoisotopic (exact) mass is 249 g/mol. The van der Waals surface area contributed by atoms with Crippen LogP contribution in [0.5, 0.6) is 0 Å². The molecule has 1 aromatic carbocycles. The molecule has 88 valence electrons. The van der Waals surface area contributed by atoms with Gasteiger partial charge < -0.3 is 11.1 Å². The minimum Gasteiger partial charge on any atom is -0.376 e. The smallest absolute Gasteiger partial charge is 0.261 e. The highest BCUT2D eigenvalue weighted by Gasteiger charge is 2.34. The van der Waals surface area contributed by atoms with E-state index in [1.54, 1.807) is 24.3 Å². The summed E-state index contributed by atoms with van der Waals surface area (Å²) in [5.41, 5.74) is 6.17. The van der Waals surface area contributed by atoms with Crippen LogP contribution in [0.25, 0.3) is 0 Å². The van der Waals surface area contributed by atoms with Crippen molar-refractivity contribution in [1.82, 2.24) is 10.2 Å². The van der Waals surface area contributed by atoms with Gasteiger partial charge in [-0.15, -0.1) is 0 Å². The molecule has 0 aliphatic carbocycles. The zero-order valence-corrected chi connectivity index (χ0v) is 9.79. The van der Waals surface area contributed by atoms with Gasteiger partial charge in [0, 0.05) is 13.1 Å². The highest BCUT2D eigenvalue weighted by atomic mass is 32.1. The van der Waals surface area contributed by atoms with Gasteiger partial charge in [0.25, 0.3) is 11.8 Å². The molecule has 3 N–H and O–H groups in total. The number of benzene rings is 1. The normalized spacial score (nSPS) is 13.8. The summed E-state index contributed by atoms with van der Waals surface area (Å²) in [6, 6.07) is 6.77. The van der Waals surface area contributed by atoms with Crippen molar-refractivity contribution in [3.63, 3.8) is 0 Å².